The molecule has 2 aromatic rings. The highest BCUT2D eigenvalue weighted by atomic mass is 32.1. The normalized spacial score (nSPS) is 28.1. The molecule has 4 aliphatic rings. The average Bonchev–Trinajstić information content (AvgIpc) is 3.33. The number of amides is 2. The first-order valence-electron chi connectivity index (χ1n) is 10.1. The summed E-state index contributed by atoms with van der Waals surface area (Å²) in [7, 11) is 3.50. The van der Waals surface area contributed by atoms with Crippen LogP contribution in [-0.4, -0.2) is 67.7 Å². The molecule has 6 nitrogen and oxygen atoms in total. The van der Waals surface area contributed by atoms with Crippen molar-refractivity contribution < 1.29 is 14.3 Å². The van der Waals surface area contributed by atoms with E-state index in [4.69, 9.17) is 4.74 Å². The molecule has 5 heterocycles. The average molecular weight is 412 g/mol. The lowest BCUT2D eigenvalue weighted by Crippen LogP contribution is -2.61. The van der Waals surface area contributed by atoms with Gasteiger partial charge in [0.05, 0.1) is 6.54 Å². The van der Waals surface area contributed by atoms with Crippen LogP contribution in [0, 0.1) is 5.92 Å². The van der Waals surface area contributed by atoms with Gasteiger partial charge in [0.25, 0.3) is 5.91 Å². The van der Waals surface area contributed by atoms with Crippen molar-refractivity contribution in [2.45, 2.75) is 18.4 Å². The van der Waals surface area contributed by atoms with Gasteiger partial charge in [0.1, 0.15) is 10.6 Å². The van der Waals surface area contributed by atoms with Gasteiger partial charge in [-0.05, 0) is 55.8 Å². The molecule has 0 unspecified atom stereocenters. The van der Waals surface area contributed by atoms with E-state index in [1.807, 2.05) is 36.4 Å². The molecular formula is C22H25N3O3S. The Balaban J connectivity index is 1.39. The second kappa shape index (κ2) is 6.85. The van der Waals surface area contributed by atoms with Crippen molar-refractivity contribution in [3.8, 4) is 10.4 Å². The van der Waals surface area contributed by atoms with Gasteiger partial charge >= 0.3 is 6.09 Å². The Morgan fingerprint density at radius 3 is 2.66 bits per heavy atom. The third kappa shape index (κ3) is 3.13. The quantitative estimate of drug-likeness (QED) is 0.775. The molecule has 1 spiro atoms. The van der Waals surface area contributed by atoms with Crippen LogP contribution in [0.3, 0.4) is 0 Å². The van der Waals surface area contributed by atoms with E-state index >= 15 is 0 Å². The minimum atomic E-state index is -0.351. The van der Waals surface area contributed by atoms with E-state index in [1.165, 1.54) is 0 Å². The van der Waals surface area contributed by atoms with E-state index in [-0.39, 0.29) is 17.6 Å². The van der Waals surface area contributed by atoms with E-state index in [9.17, 15) is 9.59 Å². The molecule has 4 fully saturated rings. The van der Waals surface area contributed by atoms with Gasteiger partial charge in [-0.2, -0.15) is 0 Å². The van der Waals surface area contributed by atoms with Gasteiger partial charge in [0.15, 0.2) is 0 Å². The molecule has 2 amide bonds. The van der Waals surface area contributed by atoms with Crippen molar-refractivity contribution in [2.75, 3.05) is 45.2 Å². The molecule has 6 rings (SSSR count). The number of hydrogen-bond donors (Lipinski definition) is 0. The number of hydrogen-bond acceptors (Lipinski definition) is 5. The second-order valence-electron chi connectivity index (χ2n) is 8.49. The Bertz CT molecular complexity index is 964. The number of fused-ring (bicyclic) bond motifs is 2. The molecule has 7 heteroatoms. The lowest BCUT2D eigenvalue weighted by molar-refractivity contribution is -0.0881. The molecule has 0 aliphatic carbocycles. The van der Waals surface area contributed by atoms with Crippen molar-refractivity contribution in [1.82, 2.24) is 9.80 Å². The van der Waals surface area contributed by atoms with Crippen LogP contribution < -0.4 is 4.90 Å². The Labute approximate surface area is 174 Å². The van der Waals surface area contributed by atoms with E-state index in [0.29, 0.717) is 18.0 Å². The maximum absolute atomic E-state index is 12.7. The molecule has 4 saturated heterocycles. The lowest BCUT2D eigenvalue weighted by atomic mass is 9.75. The fraction of sp³-hybridized carbons (Fsp3) is 0.455. The third-order valence-corrected chi connectivity index (χ3v) is 7.57. The minimum absolute atomic E-state index is 0.0176. The summed E-state index contributed by atoms with van der Waals surface area (Å²) in [5.74, 6) is 0.450. The molecule has 0 N–H and O–H groups in total. The Kier molecular flexibility index (Phi) is 4.40. The lowest BCUT2D eigenvalue weighted by Gasteiger charge is -2.49. The van der Waals surface area contributed by atoms with Crippen molar-refractivity contribution in [3.05, 3.63) is 42.0 Å². The van der Waals surface area contributed by atoms with Crippen molar-refractivity contribution in [3.63, 3.8) is 0 Å². The van der Waals surface area contributed by atoms with Crippen LogP contribution in [-0.2, 0) is 4.74 Å². The molecule has 0 saturated carbocycles. The third-order valence-electron chi connectivity index (χ3n) is 6.42. The topological polar surface area (TPSA) is 53.1 Å². The Morgan fingerprint density at radius 2 is 1.97 bits per heavy atom. The first-order chi connectivity index (χ1) is 13.9. The van der Waals surface area contributed by atoms with E-state index in [2.05, 4.69) is 4.90 Å². The highest BCUT2D eigenvalue weighted by Crippen LogP contribution is 2.45. The second-order valence-corrected chi connectivity index (χ2v) is 9.55. The van der Waals surface area contributed by atoms with Gasteiger partial charge in [0.2, 0.25) is 0 Å². The molecule has 0 radical (unpaired) electrons. The summed E-state index contributed by atoms with van der Waals surface area (Å²) in [6, 6.07) is 11.7. The van der Waals surface area contributed by atoms with Gasteiger partial charge in [-0.1, -0.05) is 12.1 Å². The smallest absolute Gasteiger partial charge is 0.415 e. The highest BCUT2D eigenvalue weighted by Gasteiger charge is 2.55. The Hall–Kier alpha value is -2.38. The van der Waals surface area contributed by atoms with Crippen molar-refractivity contribution in [2.24, 2.45) is 5.92 Å². The summed E-state index contributed by atoms with van der Waals surface area (Å²) >= 11 is 1.57. The number of nitrogens with zero attached hydrogens (tertiary/aromatic N) is 3. The van der Waals surface area contributed by atoms with Gasteiger partial charge in [-0.15, -0.1) is 11.3 Å². The maximum Gasteiger partial charge on any atom is 0.415 e. The van der Waals surface area contributed by atoms with E-state index in [0.717, 1.165) is 47.9 Å². The number of rotatable bonds is 3. The summed E-state index contributed by atoms with van der Waals surface area (Å²) in [5.41, 5.74) is 1.30. The zero-order valence-electron chi connectivity index (χ0n) is 16.8. The summed E-state index contributed by atoms with van der Waals surface area (Å²) in [4.78, 5) is 31.8. The fourth-order valence-corrected chi connectivity index (χ4v) is 5.86. The van der Waals surface area contributed by atoms with Crippen molar-refractivity contribution >= 4 is 28.3 Å². The summed E-state index contributed by atoms with van der Waals surface area (Å²) in [6.45, 7) is 3.73. The number of ether oxygens (including phenoxy) is 1. The predicted octanol–water partition coefficient (Wildman–Crippen LogP) is 3.54. The summed E-state index contributed by atoms with van der Waals surface area (Å²) in [6.07, 6.45) is 2.00. The van der Waals surface area contributed by atoms with Crippen molar-refractivity contribution in [1.29, 1.82) is 0 Å². The van der Waals surface area contributed by atoms with Crippen LogP contribution in [0.15, 0.2) is 36.4 Å². The van der Waals surface area contributed by atoms with Crippen LogP contribution in [0.4, 0.5) is 9.80 Å². The summed E-state index contributed by atoms with van der Waals surface area (Å²) in [5, 5.41) is 0.905. The Morgan fingerprint density at radius 1 is 1.17 bits per heavy atom. The molecular weight excluding hydrogens is 386 g/mol. The van der Waals surface area contributed by atoms with Crippen LogP contribution in [0.2, 0.25) is 0 Å². The van der Waals surface area contributed by atoms with Gasteiger partial charge in [-0.3, -0.25) is 14.6 Å². The standard InChI is InChI=1S/C22H25N3O3S/c1-23(2)20(26)16-5-3-4-15(12-16)18-6-7-19(29-18)25-14-22(28-21(25)27)13-24-10-8-17(22)9-11-24/h3-7,12,17H,8-11,13-14H2,1-2H3/t22-/m0/s1. The van der Waals surface area contributed by atoms with E-state index < -0.39 is 0 Å². The number of carbonyl (C=O) groups is 2. The van der Waals surface area contributed by atoms with Crippen LogP contribution in [0.1, 0.15) is 23.2 Å². The number of anilines is 1. The number of thiophene rings is 1. The van der Waals surface area contributed by atoms with Gasteiger partial charge < -0.3 is 9.64 Å². The first kappa shape index (κ1) is 18.6. The SMILES string of the molecule is CN(C)C(=O)c1cccc(-c2ccc(N3C[C@]4(CN5CCC4CC5)OC3=O)s2)c1. The maximum atomic E-state index is 12.7. The minimum Gasteiger partial charge on any atom is -0.439 e. The largest absolute Gasteiger partial charge is 0.439 e. The molecule has 1 atom stereocenters. The molecule has 152 valence electrons. The number of benzene rings is 1. The zero-order valence-corrected chi connectivity index (χ0v) is 17.6. The number of piperidine rings is 3. The van der Waals surface area contributed by atoms with Gasteiger partial charge in [-0.25, -0.2) is 4.79 Å². The predicted molar refractivity (Wildman–Crippen MR) is 113 cm³/mol. The van der Waals surface area contributed by atoms with Gasteiger partial charge in [0, 0.05) is 37.0 Å². The molecule has 2 bridgehead atoms. The van der Waals surface area contributed by atoms with Crippen LogP contribution in [0.25, 0.3) is 10.4 Å². The summed E-state index contributed by atoms with van der Waals surface area (Å²) < 4.78 is 5.98. The zero-order chi connectivity index (χ0) is 20.2. The molecule has 4 aliphatic heterocycles. The fourth-order valence-electron chi connectivity index (χ4n) is 4.87. The first-order valence-corrected chi connectivity index (χ1v) is 10.9. The molecule has 1 aromatic carbocycles. The van der Waals surface area contributed by atoms with Crippen LogP contribution >= 0.6 is 11.3 Å². The van der Waals surface area contributed by atoms with Crippen LogP contribution in [0.5, 0.6) is 0 Å². The molecule has 29 heavy (non-hydrogen) atoms. The molecule has 1 aromatic heterocycles. The highest BCUT2D eigenvalue weighted by molar-refractivity contribution is 7.19. The monoisotopic (exact) mass is 411 g/mol. The van der Waals surface area contributed by atoms with E-state index in [1.54, 1.807) is 35.2 Å². The number of carbonyl (C=O) groups excluding carboxylic acids is 2.